The number of fused-ring (bicyclic) bond motifs is 4. The summed E-state index contributed by atoms with van der Waals surface area (Å²) < 4.78 is 0. The molecule has 276 valence electrons. The monoisotopic (exact) mass is 922 g/mol. The van der Waals surface area contributed by atoms with Crippen molar-refractivity contribution < 1.29 is 61.8 Å². The van der Waals surface area contributed by atoms with Gasteiger partial charge >= 0.3 is 52.4 Å². The van der Waals surface area contributed by atoms with Crippen LogP contribution in [0.1, 0.15) is 11.1 Å². The number of aryl methyl sites for hydroxylation is 2. The standard InChI is InChI=1S/2C16H14P.2C9H7.2FH.2Zr/c2*1-12-6-2-5-9-16(12)17-15-10-13-7-3-4-8-14(13)11-15;2*1-2-5-9-7-3-6-8(9)4-1;;;;/h2*2-11,17H,1H3;2*1-7H;2*1H;;/q4*-1;;;2*+2/p-2. The fraction of sp³-hybridized carbons (Fsp3) is 0.0400. The molecule has 6 heteroatoms. The molecule has 0 bridgehead atoms. The molecule has 0 aromatic heterocycles. The Morgan fingerprint density at radius 1 is 0.357 bits per heavy atom. The summed E-state index contributed by atoms with van der Waals surface area (Å²) in [5.74, 6) is 0. The average Bonchev–Trinajstić information content (AvgIpc) is 4.00. The maximum absolute atomic E-state index is 2.31. The number of benzene rings is 6. The van der Waals surface area contributed by atoms with Gasteiger partial charge < -0.3 is 9.41 Å². The summed E-state index contributed by atoms with van der Waals surface area (Å²) in [7, 11) is 1.52. The molecule has 10 aromatic rings. The second-order valence-corrected chi connectivity index (χ2v) is 15.7. The molecule has 10 aromatic carbocycles. The van der Waals surface area contributed by atoms with Gasteiger partial charge in [0, 0.05) is 0 Å². The fourth-order valence-corrected chi connectivity index (χ4v) is 8.78. The molecule has 0 radical (unpaired) electrons. The Morgan fingerprint density at radius 3 is 1.04 bits per heavy atom. The summed E-state index contributed by atoms with van der Waals surface area (Å²) in [5, 5.41) is 16.5. The zero-order chi connectivity index (χ0) is 35.5. The van der Waals surface area contributed by atoms with E-state index in [1.165, 1.54) is 75.4 Å². The molecule has 0 spiro atoms. The van der Waals surface area contributed by atoms with E-state index in [9.17, 15) is 0 Å². The van der Waals surface area contributed by atoms with Crippen LogP contribution in [0, 0.1) is 13.8 Å². The Morgan fingerprint density at radius 2 is 0.679 bits per heavy atom. The van der Waals surface area contributed by atoms with Gasteiger partial charge in [-0.15, -0.1) is 140 Å². The molecule has 10 rings (SSSR count). The third kappa shape index (κ3) is 12.6. The molecule has 0 N–H and O–H groups in total. The van der Waals surface area contributed by atoms with Gasteiger partial charge in [0.15, 0.2) is 0 Å². The van der Waals surface area contributed by atoms with Gasteiger partial charge in [0.05, 0.1) is 0 Å². The van der Waals surface area contributed by atoms with E-state index in [2.05, 4.69) is 220 Å². The van der Waals surface area contributed by atoms with Gasteiger partial charge in [-0.3, -0.25) is 0 Å². The molecule has 0 heterocycles. The molecule has 2 atom stereocenters. The third-order valence-corrected chi connectivity index (χ3v) is 12.0. The number of hydrogen-bond acceptors (Lipinski definition) is 0. The summed E-state index contributed by atoms with van der Waals surface area (Å²) in [5.41, 5.74) is 2.77. The number of hydrogen-bond donors (Lipinski definition) is 0. The van der Waals surface area contributed by atoms with Crippen molar-refractivity contribution in [3.63, 3.8) is 0 Å². The van der Waals surface area contributed by atoms with Crippen molar-refractivity contribution in [3.8, 4) is 0 Å². The summed E-state index contributed by atoms with van der Waals surface area (Å²) in [4.78, 5) is 0. The van der Waals surface area contributed by atoms with E-state index in [-0.39, 0.29) is 61.8 Å². The van der Waals surface area contributed by atoms with Crippen molar-refractivity contribution >= 4 is 81.5 Å². The molecule has 0 saturated carbocycles. The largest absolute Gasteiger partial charge is 2.00 e. The zero-order valence-electron chi connectivity index (χ0n) is 31.4. The second kappa shape index (κ2) is 23.5. The van der Waals surface area contributed by atoms with E-state index in [1.807, 2.05) is 0 Å². The summed E-state index contributed by atoms with van der Waals surface area (Å²) in [6.07, 6.45) is 0. The summed E-state index contributed by atoms with van der Waals surface area (Å²) in [6, 6.07) is 73.0. The molecule has 2 unspecified atom stereocenters. The normalized spacial score (nSPS) is 10.3. The van der Waals surface area contributed by atoms with E-state index in [1.54, 1.807) is 0 Å². The van der Waals surface area contributed by atoms with Crippen molar-refractivity contribution in [2.24, 2.45) is 0 Å². The number of rotatable bonds is 4. The molecular formula is C50H42F2P2Zr2-2. The first-order valence-electron chi connectivity index (χ1n) is 17.8. The maximum atomic E-state index is 2.31. The van der Waals surface area contributed by atoms with Gasteiger partial charge in [-0.1, -0.05) is 90.0 Å². The Balaban J connectivity index is 0.000000203. The van der Waals surface area contributed by atoms with Crippen LogP contribution in [0.5, 0.6) is 0 Å². The molecular weight excluding hydrogens is 883 g/mol. The van der Waals surface area contributed by atoms with Gasteiger partial charge in [-0.25, -0.2) is 0 Å². The summed E-state index contributed by atoms with van der Waals surface area (Å²) in [6.45, 7) is 4.37. The van der Waals surface area contributed by atoms with E-state index in [4.69, 9.17) is 0 Å². The first-order chi connectivity index (χ1) is 25.6. The zero-order valence-corrected chi connectivity index (χ0v) is 38.3. The van der Waals surface area contributed by atoms with Crippen molar-refractivity contribution in [1.82, 2.24) is 0 Å². The van der Waals surface area contributed by atoms with Gasteiger partial charge in [-0.2, -0.15) is 47.2 Å². The molecule has 0 aliphatic heterocycles. The maximum Gasteiger partial charge on any atom is 2.00 e. The summed E-state index contributed by atoms with van der Waals surface area (Å²) >= 11 is 0. The fourth-order valence-electron chi connectivity index (χ4n) is 6.32. The van der Waals surface area contributed by atoms with Gasteiger partial charge in [-0.05, 0) is 35.6 Å². The first-order valence-corrected chi connectivity index (χ1v) is 19.8. The molecule has 0 aliphatic carbocycles. The predicted molar refractivity (Wildman–Crippen MR) is 236 cm³/mol. The molecule has 0 nitrogen and oxygen atoms in total. The Hall–Kier alpha value is -3.75. The molecule has 0 amide bonds. The first kappa shape index (κ1) is 46.6. The average molecular weight is 925 g/mol. The minimum atomic E-state index is 0. The Bertz CT molecular complexity index is 2340. The number of halogens is 2. The van der Waals surface area contributed by atoms with Crippen molar-refractivity contribution in [2.45, 2.75) is 13.8 Å². The van der Waals surface area contributed by atoms with Crippen LogP contribution in [0.4, 0.5) is 0 Å². The predicted octanol–water partition coefficient (Wildman–Crippen LogP) is 6.11. The van der Waals surface area contributed by atoms with Crippen molar-refractivity contribution in [3.05, 3.63) is 217 Å². The van der Waals surface area contributed by atoms with Crippen LogP contribution in [0.15, 0.2) is 206 Å². The van der Waals surface area contributed by atoms with Crippen molar-refractivity contribution in [2.75, 3.05) is 0 Å². The van der Waals surface area contributed by atoms with Crippen molar-refractivity contribution in [1.29, 1.82) is 0 Å². The van der Waals surface area contributed by atoms with E-state index in [0.717, 1.165) is 17.2 Å². The molecule has 0 saturated heterocycles. The van der Waals surface area contributed by atoms with Crippen LogP contribution in [0.25, 0.3) is 43.1 Å². The van der Waals surface area contributed by atoms with E-state index >= 15 is 0 Å². The van der Waals surface area contributed by atoms with Gasteiger partial charge in [0.25, 0.3) is 0 Å². The SMILES string of the molecule is Cc1ccccc1Pc1cc2ccccc2[cH-]1.Cc1ccccc1Pc1cc2ccccc2[cH-]1.[F-].[F-].[Zr+2].[Zr+2].c1ccc2[cH-]ccc2c1.c1ccc2[cH-]ccc2c1. The van der Waals surface area contributed by atoms with Crippen LogP contribution in [-0.4, -0.2) is 0 Å². The topological polar surface area (TPSA) is 0 Å². The smallest absolute Gasteiger partial charge is 1.00 e. The Labute approximate surface area is 371 Å². The van der Waals surface area contributed by atoms with Crippen LogP contribution in [-0.2, 0) is 52.4 Å². The third-order valence-electron chi connectivity index (χ3n) is 9.18. The van der Waals surface area contributed by atoms with Crippen LogP contribution in [0.3, 0.4) is 0 Å². The van der Waals surface area contributed by atoms with Crippen LogP contribution < -0.4 is 30.6 Å². The van der Waals surface area contributed by atoms with Gasteiger partial charge in [0.1, 0.15) is 0 Å². The van der Waals surface area contributed by atoms with E-state index < -0.39 is 0 Å². The molecule has 56 heavy (non-hydrogen) atoms. The minimum Gasteiger partial charge on any atom is -1.00 e. The minimum absolute atomic E-state index is 0. The molecule has 0 aliphatic rings. The Kier molecular flexibility index (Phi) is 19.5. The van der Waals surface area contributed by atoms with Crippen LogP contribution >= 0.6 is 17.2 Å². The molecule has 0 fully saturated rings. The second-order valence-electron chi connectivity index (χ2n) is 12.9. The van der Waals surface area contributed by atoms with E-state index in [0.29, 0.717) is 0 Å². The van der Waals surface area contributed by atoms with Crippen LogP contribution in [0.2, 0.25) is 0 Å². The van der Waals surface area contributed by atoms with Gasteiger partial charge in [0.2, 0.25) is 0 Å². The quantitative estimate of drug-likeness (QED) is 0.148.